The van der Waals surface area contributed by atoms with Gasteiger partial charge in [-0.15, -0.1) is 0 Å². The Morgan fingerprint density at radius 2 is 1.90 bits per heavy atom. The minimum atomic E-state index is -0.777. The van der Waals surface area contributed by atoms with Gasteiger partial charge in [0.15, 0.2) is 11.6 Å². The first-order valence-electron chi connectivity index (χ1n) is 9.40. The van der Waals surface area contributed by atoms with Crippen LogP contribution < -0.4 is 22.1 Å². The fourth-order valence-corrected chi connectivity index (χ4v) is 3.23. The average molecular weight is 396 g/mol. The standard InChI is InChI=1S/C21H25FN6O/c1-11(2)18(12(3)23)27-21-16(22)10-15(19(24)29)20(28-21)26-14-6-7-17-13(9-14)5-4-8-25-17/h4-12,18H,23H2,1-3H3,(H2,24,29)(H2,26,27,28)/t12-,18?/m0/s1. The first kappa shape index (κ1) is 20.5. The van der Waals surface area contributed by atoms with Crippen LogP contribution in [-0.2, 0) is 0 Å². The van der Waals surface area contributed by atoms with Crippen LogP contribution in [0.1, 0.15) is 31.1 Å². The van der Waals surface area contributed by atoms with Gasteiger partial charge in [-0.2, -0.15) is 0 Å². The number of carbonyl (C=O) groups excluding carboxylic acids is 1. The van der Waals surface area contributed by atoms with Gasteiger partial charge in [0.25, 0.3) is 5.91 Å². The molecule has 6 N–H and O–H groups in total. The van der Waals surface area contributed by atoms with Crippen molar-refractivity contribution in [3.8, 4) is 0 Å². The van der Waals surface area contributed by atoms with Crippen molar-refractivity contribution in [2.45, 2.75) is 32.9 Å². The number of nitrogens with zero attached hydrogens (tertiary/aromatic N) is 2. The van der Waals surface area contributed by atoms with Gasteiger partial charge in [0, 0.05) is 29.4 Å². The number of aromatic nitrogens is 2. The molecule has 2 heterocycles. The van der Waals surface area contributed by atoms with Crippen molar-refractivity contribution in [2.24, 2.45) is 17.4 Å². The Bertz CT molecular complexity index is 1030. The molecule has 152 valence electrons. The van der Waals surface area contributed by atoms with Gasteiger partial charge in [-0.3, -0.25) is 9.78 Å². The number of hydrogen-bond acceptors (Lipinski definition) is 6. The zero-order chi connectivity index (χ0) is 21.1. The van der Waals surface area contributed by atoms with E-state index in [2.05, 4.69) is 20.6 Å². The summed E-state index contributed by atoms with van der Waals surface area (Å²) in [4.78, 5) is 20.4. The molecular formula is C21H25FN6O. The molecule has 0 aliphatic heterocycles. The molecule has 3 aromatic rings. The molecule has 0 radical (unpaired) electrons. The summed E-state index contributed by atoms with van der Waals surface area (Å²) in [6.45, 7) is 5.81. The lowest BCUT2D eigenvalue weighted by molar-refractivity contribution is 0.100. The van der Waals surface area contributed by atoms with Gasteiger partial charge < -0.3 is 22.1 Å². The zero-order valence-electron chi connectivity index (χ0n) is 16.6. The highest BCUT2D eigenvalue weighted by atomic mass is 19.1. The van der Waals surface area contributed by atoms with Gasteiger partial charge in [-0.05, 0) is 43.2 Å². The van der Waals surface area contributed by atoms with Crippen LogP contribution in [0.5, 0.6) is 0 Å². The number of rotatable bonds is 7. The van der Waals surface area contributed by atoms with Crippen molar-refractivity contribution >= 4 is 34.1 Å². The molecule has 0 spiro atoms. The molecule has 2 atom stereocenters. The van der Waals surface area contributed by atoms with Gasteiger partial charge in [0.1, 0.15) is 5.82 Å². The van der Waals surface area contributed by atoms with E-state index in [1.165, 1.54) is 0 Å². The van der Waals surface area contributed by atoms with Crippen molar-refractivity contribution in [3.05, 3.63) is 54.0 Å². The second-order valence-electron chi connectivity index (χ2n) is 7.39. The molecule has 7 nitrogen and oxygen atoms in total. The summed E-state index contributed by atoms with van der Waals surface area (Å²) in [5.41, 5.74) is 12.9. The predicted molar refractivity (Wildman–Crippen MR) is 114 cm³/mol. The predicted octanol–water partition coefficient (Wildman–Crippen LogP) is 3.40. The van der Waals surface area contributed by atoms with Crippen LogP contribution in [0.3, 0.4) is 0 Å². The molecule has 3 rings (SSSR count). The van der Waals surface area contributed by atoms with Crippen molar-refractivity contribution < 1.29 is 9.18 Å². The second kappa shape index (κ2) is 8.40. The molecule has 0 saturated heterocycles. The first-order chi connectivity index (χ1) is 13.8. The maximum atomic E-state index is 14.6. The lowest BCUT2D eigenvalue weighted by atomic mass is 9.98. The van der Waals surface area contributed by atoms with Crippen LogP contribution in [0.4, 0.5) is 21.7 Å². The Balaban J connectivity index is 2.00. The number of primary amides is 1. The summed E-state index contributed by atoms with van der Waals surface area (Å²) in [6.07, 6.45) is 1.71. The SMILES string of the molecule is CC(C)C(Nc1nc(Nc2ccc3ncccc3c2)c(C(N)=O)cc1F)[C@H](C)N. The van der Waals surface area contributed by atoms with Crippen LogP contribution in [0, 0.1) is 11.7 Å². The molecule has 0 bridgehead atoms. The third-order valence-corrected chi connectivity index (χ3v) is 4.70. The van der Waals surface area contributed by atoms with Crippen LogP contribution in [-0.4, -0.2) is 28.0 Å². The topological polar surface area (TPSA) is 119 Å². The largest absolute Gasteiger partial charge is 0.365 e. The summed E-state index contributed by atoms with van der Waals surface area (Å²) in [5, 5.41) is 7.03. The van der Waals surface area contributed by atoms with Crippen molar-refractivity contribution in [3.63, 3.8) is 0 Å². The number of nitrogens with one attached hydrogen (secondary N) is 2. The third-order valence-electron chi connectivity index (χ3n) is 4.70. The highest BCUT2D eigenvalue weighted by Crippen LogP contribution is 2.26. The highest BCUT2D eigenvalue weighted by molar-refractivity contribution is 5.99. The van der Waals surface area contributed by atoms with E-state index in [4.69, 9.17) is 11.5 Å². The molecule has 0 saturated carbocycles. The Morgan fingerprint density at radius 1 is 1.14 bits per heavy atom. The van der Waals surface area contributed by atoms with Crippen LogP contribution in [0.2, 0.25) is 0 Å². The maximum absolute atomic E-state index is 14.6. The monoisotopic (exact) mass is 396 g/mol. The molecular weight excluding hydrogens is 371 g/mol. The number of amides is 1. The number of hydrogen-bond donors (Lipinski definition) is 4. The highest BCUT2D eigenvalue weighted by Gasteiger charge is 2.22. The number of pyridine rings is 2. The van der Waals surface area contributed by atoms with E-state index in [0.29, 0.717) is 5.69 Å². The van der Waals surface area contributed by atoms with Gasteiger partial charge in [0.2, 0.25) is 0 Å². The van der Waals surface area contributed by atoms with E-state index in [-0.39, 0.29) is 35.2 Å². The minimum absolute atomic E-state index is 0.0101. The number of nitrogens with two attached hydrogens (primary N) is 2. The van der Waals surface area contributed by atoms with Crippen LogP contribution in [0.15, 0.2) is 42.6 Å². The third kappa shape index (κ3) is 4.60. The summed E-state index contributed by atoms with van der Waals surface area (Å²) in [6, 6.07) is 9.92. The quantitative estimate of drug-likeness (QED) is 0.486. The van der Waals surface area contributed by atoms with E-state index in [9.17, 15) is 9.18 Å². The van der Waals surface area contributed by atoms with E-state index in [0.717, 1.165) is 17.0 Å². The van der Waals surface area contributed by atoms with Gasteiger partial charge in [-0.1, -0.05) is 19.9 Å². The normalized spacial score (nSPS) is 13.3. The number of halogens is 1. The summed E-state index contributed by atoms with van der Waals surface area (Å²) in [5.74, 6) is -1.12. The minimum Gasteiger partial charge on any atom is -0.365 e. The van der Waals surface area contributed by atoms with Crippen molar-refractivity contribution in [2.75, 3.05) is 10.6 Å². The summed E-state index contributed by atoms with van der Waals surface area (Å²) >= 11 is 0. The maximum Gasteiger partial charge on any atom is 0.252 e. The number of anilines is 3. The van der Waals surface area contributed by atoms with E-state index < -0.39 is 11.7 Å². The molecule has 2 aromatic heterocycles. The van der Waals surface area contributed by atoms with Gasteiger partial charge in [-0.25, -0.2) is 9.37 Å². The summed E-state index contributed by atoms with van der Waals surface area (Å²) in [7, 11) is 0. The average Bonchev–Trinajstić information content (AvgIpc) is 2.67. The molecule has 0 fully saturated rings. The van der Waals surface area contributed by atoms with Crippen molar-refractivity contribution in [1.82, 2.24) is 9.97 Å². The lowest BCUT2D eigenvalue weighted by Gasteiger charge is -2.27. The van der Waals surface area contributed by atoms with Crippen LogP contribution >= 0.6 is 0 Å². The smallest absolute Gasteiger partial charge is 0.252 e. The molecule has 1 unspecified atom stereocenters. The van der Waals surface area contributed by atoms with Crippen LogP contribution in [0.25, 0.3) is 10.9 Å². The van der Waals surface area contributed by atoms with Gasteiger partial charge >= 0.3 is 0 Å². The zero-order valence-corrected chi connectivity index (χ0v) is 16.6. The van der Waals surface area contributed by atoms with Gasteiger partial charge in [0.05, 0.1) is 11.1 Å². The number of carbonyl (C=O) groups is 1. The van der Waals surface area contributed by atoms with E-state index in [1.54, 1.807) is 12.3 Å². The fourth-order valence-electron chi connectivity index (χ4n) is 3.23. The van der Waals surface area contributed by atoms with E-state index in [1.807, 2.05) is 45.0 Å². The Hall–Kier alpha value is -3.26. The van der Waals surface area contributed by atoms with Crippen molar-refractivity contribution in [1.29, 1.82) is 0 Å². The molecule has 8 heteroatoms. The molecule has 0 aliphatic rings. The molecule has 29 heavy (non-hydrogen) atoms. The molecule has 1 aromatic carbocycles. The number of benzene rings is 1. The Morgan fingerprint density at radius 3 is 2.55 bits per heavy atom. The summed E-state index contributed by atoms with van der Waals surface area (Å²) < 4.78 is 14.6. The Labute approximate surface area is 168 Å². The molecule has 0 aliphatic carbocycles. The fraction of sp³-hybridized carbons (Fsp3) is 0.286. The second-order valence-corrected chi connectivity index (χ2v) is 7.39. The molecule has 1 amide bonds. The first-order valence-corrected chi connectivity index (χ1v) is 9.40. The lowest BCUT2D eigenvalue weighted by Crippen LogP contribution is -2.42. The van der Waals surface area contributed by atoms with E-state index >= 15 is 0 Å². The number of fused-ring (bicyclic) bond motifs is 1. The Kier molecular flexibility index (Phi) is 5.93.